The van der Waals surface area contributed by atoms with Gasteiger partial charge in [-0.25, -0.2) is 0 Å². The van der Waals surface area contributed by atoms with Gasteiger partial charge in [-0.1, -0.05) is 48.0 Å². The minimum absolute atomic E-state index is 0.180. The van der Waals surface area contributed by atoms with Crippen LogP contribution < -0.4 is 0 Å². The van der Waals surface area contributed by atoms with Gasteiger partial charge < -0.3 is 4.42 Å². The second-order valence-electron chi connectivity index (χ2n) is 4.37. The molecule has 0 spiro atoms. The average molecular weight is 283 g/mol. The molecule has 3 aromatic rings. The van der Waals surface area contributed by atoms with Crippen LogP contribution in [0, 0.1) is 0 Å². The summed E-state index contributed by atoms with van der Waals surface area (Å²) in [4.78, 5) is 12.1. The quantitative estimate of drug-likeness (QED) is 0.501. The zero-order valence-electron chi connectivity index (χ0n) is 10.5. The van der Waals surface area contributed by atoms with E-state index in [4.69, 9.17) is 16.0 Å². The number of hydrogen-bond acceptors (Lipinski definition) is 2. The van der Waals surface area contributed by atoms with Crippen LogP contribution in [0.1, 0.15) is 16.1 Å². The van der Waals surface area contributed by atoms with Crippen molar-refractivity contribution in [3.8, 4) is 0 Å². The van der Waals surface area contributed by atoms with Crippen LogP contribution in [0.25, 0.3) is 17.0 Å². The highest BCUT2D eigenvalue weighted by Crippen LogP contribution is 2.20. The van der Waals surface area contributed by atoms with Gasteiger partial charge in [0, 0.05) is 10.4 Å². The number of furan rings is 1. The fraction of sp³-hybridized carbons (Fsp3) is 0. The smallest absolute Gasteiger partial charge is 0.221 e. The predicted octanol–water partition coefficient (Wildman–Crippen LogP) is 4.98. The van der Waals surface area contributed by atoms with Crippen molar-refractivity contribution in [3.05, 3.63) is 77.0 Å². The molecule has 0 bridgehead atoms. The Morgan fingerprint density at radius 1 is 1.05 bits per heavy atom. The lowest BCUT2D eigenvalue weighted by Crippen LogP contribution is -1.90. The molecular formula is C17H11ClO2. The fourth-order valence-electron chi connectivity index (χ4n) is 1.96. The maximum Gasteiger partial charge on any atom is 0.221 e. The van der Waals surface area contributed by atoms with Gasteiger partial charge in [-0.05, 0) is 35.9 Å². The highest BCUT2D eigenvalue weighted by atomic mass is 35.5. The van der Waals surface area contributed by atoms with Gasteiger partial charge in [0.1, 0.15) is 5.58 Å². The molecule has 3 rings (SSSR count). The Morgan fingerprint density at radius 2 is 1.80 bits per heavy atom. The standard InChI is InChI=1S/C17H11ClO2/c18-14-7-3-1-5-12(14)9-10-15(19)17-11-13-6-2-4-8-16(13)20-17/h1-11H. The number of halogens is 1. The zero-order chi connectivity index (χ0) is 13.9. The van der Waals surface area contributed by atoms with Crippen LogP contribution in [-0.4, -0.2) is 5.78 Å². The van der Waals surface area contributed by atoms with Crippen LogP contribution in [0.2, 0.25) is 5.02 Å². The number of carbonyl (C=O) groups excluding carboxylic acids is 1. The number of para-hydroxylation sites is 1. The van der Waals surface area contributed by atoms with Crippen LogP contribution >= 0.6 is 11.6 Å². The molecular weight excluding hydrogens is 272 g/mol. The predicted molar refractivity (Wildman–Crippen MR) is 81.0 cm³/mol. The topological polar surface area (TPSA) is 30.2 Å². The summed E-state index contributed by atoms with van der Waals surface area (Å²) in [5.41, 5.74) is 1.51. The summed E-state index contributed by atoms with van der Waals surface area (Å²) in [5, 5.41) is 1.53. The second-order valence-corrected chi connectivity index (χ2v) is 4.77. The third-order valence-corrected chi connectivity index (χ3v) is 3.33. The van der Waals surface area contributed by atoms with Gasteiger partial charge >= 0.3 is 0 Å². The van der Waals surface area contributed by atoms with Crippen molar-refractivity contribution < 1.29 is 9.21 Å². The minimum atomic E-state index is -0.180. The maximum atomic E-state index is 12.1. The maximum absolute atomic E-state index is 12.1. The molecule has 0 fully saturated rings. The van der Waals surface area contributed by atoms with E-state index < -0.39 is 0 Å². The normalized spacial score (nSPS) is 11.2. The summed E-state index contributed by atoms with van der Waals surface area (Å²) in [6, 6.07) is 16.6. The molecule has 2 aromatic carbocycles. The molecule has 0 aliphatic rings. The Morgan fingerprint density at radius 3 is 2.60 bits per heavy atom. The number of ketones is 1. The first-order valence-corrected chi connectivity index (χ1v) is 6.57. The van der Waals surface area contributed by atoms with Gasteiger partial charge in [0.05, 0.1) is 0 Å². The summed E-state index contributed by atoms with van der Waals surface area (Å²) < 4.78 is 5.51. The fourth-order valence-corrected chi connectivity index (χ4v) is 2.16. The number of rotatable bonds is 3. The van der Waals surface area contributed by atoms with E-state index in [1.807, 2.05) is 42.5 Å². The first kappa shape index (κ1) is 12.7. The molecule has 3 heteroatoms. The Hall–Kier alpha value is -2.32. The van der Waals surface area contributed by atoms with Gasteiger partial charge in [-0.15, -0.1) is 0 Å². The molecule has 0 amide bonds. The van der Waals surface area contributed by atoms with Crippen molar-refractivity contribution >= 4 is 34.4 Å². The molecule has 0 radical (unpaired) electrons. The molecule has 2 nitrogen and oxygen atoms in total. The van der Waals surface area contributed by atoms with E-state index in [0.717, 1.165) is 10.9 Å². The van der Waals surface area contributed by atoms with Crippen molar-refractivity contribution in [2.75, 3.05) is 0 Å². The van der Waals surface area contributed by atoms with Crippen molar-refractivity contribution in [2.45, 2.75) is 0 Å². The monoisotopic (exact) mass is 282 g/mol. The first-order valence-electron chi connectivity index (χ1n) is 6.19. The molecule has 1 aromatic heterocycles. The van der Waals surface area contributed by atoms with Crippen LogP contribution in [0.15, 0.2) is 65.1 Å². The minimum Gasteiger partial charge on any atom is -0.453 e. The van der Waals surface area contributed by atoms with E-state index in [-0.39, 0.29) is 5.78 Å². The van der Waals surface area contributed by atoms with Gasteiger partial charge in [0.25, 0.3) is 0 Å². The van der Waals surface area contributed by atoms with Gasteiger partial charge in [0.15, 0.2) is 5.76 Å². The molecule has 0 saturated heterocycles. The Balaban J connectivity index is 1.88. The number of allylic oxidation sites excluding steroid dienone is 1. The van der Waals surface area contributed by atoms with Gasteiger partial charge in [-0.2, -0.15) is 0 Å². The van der Waals surface area contributed by atoms with Crippen LogP contribution in [-0.2, 0) is 0 Å². The van der Waals surface area contributed by atoms with Crippen molar-refractivity contribution in [1.29, 1.82) is 0 Å². The van der Waals surface area contributed by atoms with Crippen LogP contribution in [0.5, 0.6) is 0 Å². The summed E-state index contributed by atoms with van der Waals surface area (Å²) in [7, 11) is 0. The van der Waals surface area contributed by atoms with E-state index in [0.29, 0.717) is 16.4 Å². The molecule has 0 saturated carbocycles. The van der Waals surface area contributed by atoms with E-state index >= 15 is 0 Å². The molecule has 0 atom stereocenters. The lowest BCUT2D eigenvalue weighted by Gasteiger charge is -1.95. The zero-order valence-corrected chi connectivity index (χ0v) is 11.3. The number of hydrogen-bond donors (Lipinski definition) is 0. The summed E-state index contributed by atoms with van der Waals surface area (Å²) in [6.07, 6.45) is 3.16. The SMILES string of the molecule is O=C(C=Cc1ccccc1Cl)c1cc2ccccc2o1. The molecule has 1 heterocycles. The van der Waals surface area contributed by atoms with E-state index in [1.54, 1.807) is 18.2 Å². The summed E-state index contributed by atoms with van der Waals surface area (Å²) in [5.74, 6) is 0.149. The van der Waals surface area contributed by atoms with E-state index in [2.05, 4.69) is 0 Å². The van der Waals surface area contributed by atoms with Crippen LogP contribution in [0.3, 0.4) is 0 Å². The molecule has 0 aliphatic heterocycles. The van der Waals surface area contributed by atoms with Gasteiger partial charge in [0.2, 0.25) is 5.78 Å². The summed E-state index contributed by atoms with van der Waals surface area (Å²) in [6.45, 7) is 0. The third kappa shape index (κ3) is 2.51. The average Bonchev–Trinajstić information content (AvgIpc) is 2.90. The Labute approximate surface area is 121 Å². The highest BCUT2D eigenvalue weighted by Gasteiger charge is 2.09. The molecule has 20 heavy (non-hydrogen) atoms. The van der Waals surface area contributed by atoms with Crippen LogP contribution in [0.4, 0.5) is 0 Å². The third-order valence-electron chi connectivity index (χ3n) is 2.99. The molecule has 0 aliphatic carbocycles. The van der Waals surface area contributed by atoms with Crippen molar-refractivity contribution in [3.63, 3.8) is 0 Å². The highest BCUT2D eigenvalue weighted by molar-refractivity contribution is 6.32. The Kier molecular flexibility index (Phi) is 3.40. The molecule has 0 N–H and O–H groups in total. The van der Waals surface area contributed by atoms with Gasteiger partial charge in [-0.3, -0.25) is 4.79 Å². The number of benzene rings is 2. The van der Waals surface area contributed by atoms with Crippen molar-refractivity contribution in [1.82, 2.24) is 0 Å². The summed E-state index contributed by atoms with van der Waals surface area (Å²) >= 11 is 6.03. The number of carbonyl (C=O) groups is 1. The molecule has 0 unspecified atom stereocenters. The van der Waals surface area contributed by atoms with Crippen molar-refractivity contribution in [2.24, 2.45) is 0 Å². The second kappa shape index (κ2) is 5.35. The number of fused-ring (bicyclic) bond motifs is 1. The molecule has 98 valence electrons. The largest absolute Gasteiger partial charge is 0.453 e. The van der Waals surface area contributed by atoms with E-state index in [1.165, 1.54) is 6.08 Å². The first-order chi connectivity index (χ1) is 9.74. The lowest BCUT2D eigenvalue weighted by molar-refractivity contribution is 0.102. The lowest BCUT2D eigenvalue weighted by atomic mass is 10.1. The Bertz CT molecular complexity index is 766. The van der Waals surface area contributed by atoms with E-state index in [9.17, 15) is 4.79 Å².